The van der Waals surface area contributed by atoms with Crippen molar-refractivity contribution in [3.05, 3.63) is 29.8 Å². The maximum absolute atomic E-state index is 10.4. The molecule has 1 atom stereocenters. The Morgan fingerprint density at radius 2 is 1.84 bits per heavy atom. The van der Waals surface area contributed by atoms with Crippen molar-refractivity contribution in [2.24, 2.45) is 0 Å². The Bertz CT molecular complexity index is 419. The molecule has 0 aliphatic carbocycles. The summed E-state index contributed by atoms with van der Waals surface area (Å²) in [7, 11) is -2.96. The van der Waals surface area contributed by atoms with Gasteiger partial charge in [0.1, 0.15) is 0 Å². The molecule has 3 N–H and O–H groups in total. The maximum atomic E-state index is 10.4. The van der Waals surface area contributed by atoms with Crippen molar-refractivity contribution in [3.63, 3.8) is 0 Å². The average Bonchev–Trinajstić information content (AvgIpc) is 2.39. The van der Waals surface area contributed by atoms with Crippen LogP contribution < -0.4 is 0 Å². The van der Waals surface area contributed by atoms with Gasteiger partial charge in [-0.2, -0.15) is 4.31 Å². The van der Waals surface area contributed by atoms with Crippen molar-refractivity contribution in [3.8, 4) is 0 Å². The molecular formula is C14H23NO3S. The van der Waals surface area contributed by atoms with Crippen LogP contribution in [-0.4, -0.2) is 37.7 Å². The third-order valence-electron chi connectivity index (χ3n) is 3.58. The van der Waals surface area contributed by atoms with Gasteiger partial charge in [0.2, 0.25) is 0 Å². The summed E-state index contributed by atoms with van der Waals surface area (Å²) < 4.78 is 22.4. The minimum atomic E-state index is -2.96. The number of hydrogen-bond acceptors (Lipinski definition) is 4. The fourth-order valence-corrected chi connectivity index (χ4v) is 3.90. The van der Waals surface area contributed by atoms with Crippen LogP contribution in [0.25, 0.3) is 0 Å². The van der Waals surface area contributed by atoms with E-state index < -0.39 is 16.9 Å². The minimum absolute atomic E-state index is 0.328. The van der Waals surface area contributed by atoms with Crippen molar-refractivity contribution < 1.29 is 14.2 Å². The second-order valence-electron chi connectivity index (χ2n) is 5.43. The number of piperidine rings is 1. The summed E-state index contributed by atoms with van der Waals surface area (Å²) in [6.45, 7) is 5.15. The molecule has 19 heavy (non-hydrogen) atoms. The lowest BCUT2D eigenvalue weighted by Crippen LogP contribution is -2.39. The van der Waals surface area contributed by atoms with E-state index in [-0.39, 0.29) is 0 Å². The van der Waals surface area contributed by atoms with E-state index in [0.717, 1.165) is 12.8 Å². The maximum Gasteiger partial charge on any atom is 0.0752 e. The first-order chi connectivity index (χ1) is 8.91. The fourth-order valence-electron chi connectivity index (χ4n) is 2.34. The average molecular weight is 285 g/mol. The Morgan fingerprint density at radius 3 is 2.37 bits per heavy atom. The van der Waals surface area contributed by atoms with Gasteiger partial charge in [-0.3, -0.25) is 9.11 Å². The zero-order valence-electron chi connectivity index (χ0n) is 11.5. The first-order valence-electron chi connectivity index (χ1n) is 6.72. The van der Waals surface area contributed by atoms with Gasteiger partial charge in [-0.05, 0) is 36.5 Å². The number of β-amino-alcohol motifs (C(OH)–C–C–N with tert-alkyl or cyclic N) is 1. The molecule has 5 heteroatoms. The Kier molecular flexibility index (Phi) is 4.53. The van der Waals surface area contributed by atoms with Gasteiger partial charge >= 0.3 is 0 Å². The van der Waals surface area contributed by atoms with Crippen LogP contribution in [-0.2, 0) is 0 Å². The van der Waals surface area contributed by atoms with E-state index in [1.165, 1.54) is 5.56 Å². The Morgan fingerprint density at radius 1 is 1.21 bits per heavy atom. The fraction of sp³-hybridized carbons (Fsp3) is 0.571. The third kappa shape index (κ3) is 3.30. The van der Waals surface area contributed by atoms with E-state index in [0.29, 0.717) is 23.9 Å². The first-order valence-corrected chi connectivity index (χ1v) is 8.23. The molecule has 1 unspecified atom stereocenters. The monoisotopic (exact) mass is 285 g/mol. The molecule has 1 saturated heterocycles. The minimum Gasteiger partial charge on any atom is -0.392 e. The second kappa shape index (κ2) is 5.81. The van der Waals surface area contributed by atoms with Gasteiger partial charge in [-0.15, -0.1) is 10.8 Å². The van der Waals surface area contributed by atoms with Gasteiger partial charge in [0.05, 0.1) is 11.0 Å². The van der Waals surface area contributed by atoms with E-state index in [2.05, 4.69) is 13.8 Å². The lowest BCUT2D eigenvalue weighted by Gasteiger charge is -2.45. The molecule has 1 aliphatic heterocycles. The van der Waals surface area contributed by atoms with E-state index in [4.69, 9.17) is 0 Å². The van der Waals surface area contributed by atoms with Crippen molar-refractivity contribution in [1.82, 2.24) is 4.31 Å². The lowest BCUT2D eigenvalue weighted by atomic mass is 10.0. The predicted molar refractivity (Wildman–Crippen MR) is 78.5 cm³/mol. The standard InChI is InChI=1S/C14H23NO3S/c1-11(2)12-5-7-14(8-6-12)19(17,18)15-9-3-4-13(16)10-15/h5-8,11,13,16-18H,3-4,9-10H2,1-2H3. The molecule has 0 bridgehead atoms. The summed E-state index contributed by atoms with van der Waals surface area (Å²) in [5, 5.41) is 9.66. The highest BCUT2D eigenvalue weighted by Crippen LogP contribution is 2.52. The summed E-state index contributed by atoms with van der Waals surface area (Å²) in [5.41, 5.74) is 1.18. The molecule has 2 rings (SSSR count). The lowest BCUT2D eigenvalue weighted by molar-refractivity contribution is 0.103. The summed E-state index contributed by atoms with van der Waals surface area (Å²) in [6.07, 6.45) is 1.06. The van der Waals surface area contributed by atoms with Crippen LogP contribution in [0.1, 0.15) is 38.2 Å². The van der Waals surface area contributed by atoms with Crippen LogP contribution in [0.5, 0.6) is 0 Å². The zero-order valence-corrected chi connectivity index (χ0v) is 12.3. The molecule has 4 nitrogen and oxygen atoms in total. The van der Waals surface area contributed by atoms with E-state index >= 15 is 0 Å². The number of rotatable bonds is 3. The van der Waals surface area contributed by atoms with Crippen LogP contribution in [0, 0.1) is 0 Å². The Hall–Kier alpha value is -0.590. The van der Waals surface area contributed by atoms with Gasteiger partial charge in [0.15, 0.2) is 0 Å². The summed E-state index contributed by atoms with van der Waals surface area (Å²) in [6, 6.07) is 7.44. The molecule has 0 amide bonds. The number of benzene rings is 1. The molecule has 1 aromatic rings. The van der Waals surface area contributed by atoms with Crippen LogP contribution in [0.4, 0.5) is 0 Å². The highest BCUT2D eigenvalue weighted by molar-refractivity contribution is 8.22. The summed E-state index contributed by atoms with van der Waals surface area (Å²) >= 11 is 0. The van der Waals surface area contributed by atoms with Gasteiger partial charge < -0.3 is 5.11 Å². The SMILES string of the molecule is CC(C)c1ccc(S(O)(O)N2CCCC(O)C2)cc1. The number of hydrogen-bond donors (Lipinski definition) is 3. The van der Waals surface area contributed by atoms with Gasteiger partial charge in [0.25, 0.3) is 0 Å². The van der Waals surface area contributed by atoms with E-state index in [1.54, 1.807) is 16.4 Å². The van der Waals surface area contributed by atoms with Crippen molar-refractivity contribution in [2.75, 3.05) is 13.1 Å². The van der Waals surface area contributed by atoms with Crippen molar-refractivity contribution in [1.29, 1.82) is 0 Å². The second-order valence-corrected chi connectivity index (χ2v) is 7.45. The van der Waals surface area contributed by atoms with E-state index in [9.17, 15) is 14.2 Å². The molecular weight excluding hydrogens is 262 g/mol. The number of nitrogens with zero attached hydrogens (tertiary/aromatic N) is 1. The van der Waals surface area contributed by atoms with Gasteiger partial charge in [-0.25, -0.2) is 0 Å². The Labute approximate surface area is 116 Å². The molecule has 0 aromatic heterocycles. The quantitative estimate of drug-likeness (QED) is 0.797. The van der Waals surface area contributed by atoms with Crippen LogP contribution in [0.15, 0.2) is 29.2 Å². The molecule has 0 saturated carbocycles. The van der Waals surface area contributed by atoms with Gasteiger partial charge in [0, 0.05) is 13.1 Å². The van der Waals surface area contributed by atoms with E-state index in [1.807, 2.05) is 12.1 Å². The smallest absolute Gasteiger partial charge is 0.0752 e. The van der Waals surface area contributed by atoms with Crippen LogP contribution in [0.3, 0.4) is 0 Å². The summed E-state index contributed by atoms with van der Waals surface area (Å²) in [5.74, 6) is 0.424. The topological polar surface area (TPSA) is 63.9 Å². The zero-order chi connectivity index (χ0) is 14.0. The molecule has 1 aliphatic rings. The molecule has 1 fully saturated rings. The van der Waals surface area contributed by atoms with Crippen LogP contribution in [0.2, 0.25) is 0 Å². The number of aliphatic hydroxyl groups excluding tert-OH is 1. The molecule has 0 radical (unpaired) electrons. The van der Waals surface area contributed by atoms with Crippen molar-refractivity contribution in [2.45, 2.75) is 43.6 Å². The number of aliphatic hydroxyl groups is 1. The molecule has 1 aromatic carbocycles. The molecule has 0 spiro atoms. The Balaban J connectivity index is 2.18. The van der Waals surface area contributed by atoms with Crippen molar-refractivity contribution >= 4 is 10.8 Å². The normalized spacial score (nSPS) is 22.7. The summed E-state index contributed by atoms with van der Waals surface area (Å²) in [4.78, 5) is 0.533. The largest absolute Gasteiger partial charge is 0.392 e. The highest BCUT2D eigenvalue weighted by atomic mass is 32.3. The van der Waals surface area contributed by atoms with Gasteiger partial charge in [-0.1, -0.05) is 26.0 Å². The molecule has 108 valence electrons. The van der Waals surface area contributed by atoms with Crippen LogP contribution >= 0.6 is 10.8 Å². The predicted octanol–water partition coefficient (Wildman–Crippen LogP) is 3.29. The highest BCUT2D eigenvalue weighted by Gasteiger charge is 2.29. The third-order valence-corrected chi connectivity index (χ3v) is 5.54. The first kappa shape index (κ1) is 14.8. The molecule has 1 heterocycles.